The first kappa shape index (κ1) is 17.6. The third kappa shape index (κ3) is 5.14. The highest BCUT2D eigenvalue weighted by molar-refractivity contribution is 5.82. The van der Waals surface area contributed by atoms with Gasteiger partial charge in [0.25, 0.3) is 5.91 Å². The molecule has 0 aromatic heterocycles. The van der Waals surface area contributed by atoms with Crippen LogP contribution in [0.15, 0.2) is 18.2 Å². The summed E-state index contributed by atoms with van der Waals surface area (Å²) in [7, 11) is 0. The average Bonchev–Trinajstić information content (AvgIpc) is 2.54. The first-order valence-corrected chi connectivity index (χ1v) is 7.92. The number of benzene rings is 1. The molecule has 5 nitrogen and oxygen atoms in total. The molecule has 0 spiro atoms. The number of carbonyl (C=O) groups excluding carboxylic acids is 1. The molecular formula is C16H23F2N3O2. The van der Waals surface area contributed by atoms with Crippen LogP contribution in [0.25, 0.3) is 0 Å². The lowest BCUT2D eigenvalue weighted by molar-refractivity contribution is -0.130. The number of anilines is 1. The molecule has 1 amide bonds. The van der Waals surface area contributed by atoms with Gasteiger partial charge in [-0.15, -0.1) is 0 Å². The van der Waals surface area contributed by atoms with Crippen LogP contribution in [-0.2, 0) is 4.79 Å². The molecule has 1 aromatic rings. The number of aliphatic hydroxyl groups excluding tert-OH is 1. The lowest BCUT2D eigenvalue weighted by Gasteiger charge is -2.26. The molecule has 0 heterocycles. The van der Waals surface area contributed by atoms with Crippen LogP contribution < -0.4 is 16.6 Å². The van der Waals surface area contributed by atoms with Gasteiger partial charge in [0.2, 0.25) is 0 Å². The van der Waals surface area contributed by atoms with Crippen molar-refractivity contribution in [3.05, 3.63) is 29.8 Å². The maximum atomic E-state index is 13.4. The van der Waals surface area contributed by atoms with Crippen molar-refractivity contribution >= 4 is 11.6 Å². The molecule has 0 bridgehead atoms. The molecule has 1 saturated carbocycles. The van der Waals surface area contributed by atoms with E-state index in [2.05, 4.69) is 10.9 Å². The summed E-state index contributed by atoms with van der Waals surface area (Å²) < 4.78 is 26.2. The number of hydrogen-bond donors (Lipinski definition) is 4. The van der Waals surface area contributed by atoms with Crippen LogP contribution >= 0.6 is 0 Å². The normalized spacial score (nSPS) is 18.3. The third-order valence-electron chi connectivity index (χ3n) is 4.26. The number of aliphatic hydroxyl groups is 1. The molecule has 0 saturated heterocycles. The molecule has 5 N–H and O–H groups in total. The standard InChI is InChI=1S/C16H23F2N3O2/c17-11-6-7-14(12(18)9-11)20-21-16(23)15(22)13(19)8-10-4-2-1-3-5-10/h6-7,9-10,13,15,20,22H,1-5,8,19H2,(H,21,23)/t13-,15?/m1/s1. The van der Waals surface area contributed by atoms with Gasteiger partial charge in [0.1, 0.15) is 11.9 Å². The second-order valence-corrected chi connectivity index (χ2v) is 6.09. The Labute approximate surface area is 134 Å². The van der Waals surface area contributed by atoms with E-state index in [1.165, 1.54) is 6.42 Å². The highest BCUT2D eigenvalue weighted by Gasteiger charge is 2.26. The molecule has 1 aromatic carbocycles. The van der Waals surface area contributed by atoms with Gasteiger partial charge in [-0.3, -0.25) is 15.6 Å². The fourth-order valence-electron chi connectivity index (χ4n) is 2.92. The van der Waals surface area contributed by atoms with Crippen LogP contribution in [-0.4, -0.2) is 23.2 Å². The topological polar surface area (TPSA) is 87.4 Å². The first-order valence-electron chi connectivity index (χ1n) is 7.92. The zero-order valence-electron chi connectivity index (χ0n) is 12.9. The van der Waals surface area contributed by atoms with Gasteiger partial charge in [-0.25, -0.2) is 8.78 Å². The van der Waals surface area contributed by atoms with E-state index in [9.17, 15) is 18.7 Å². The highest BCUT2D eigenvalue weighted by atomic mass is 19.1. The lowest BCUT2D eigenvalue weighted by atomic mass is 9.84. The van der Waals surface area contributed by atoms with E-state index >= 15 is 0 Å². The largest absolute Gasteiger partial charge is 0.382 e. The van der Waals surface area contributed by atoms with Crippen molar-refractivity contribution in [2.24, 2.45) is 11.7 Å². The van der Waals surface area contributed by atoms with Crippen molar-refractivity contribution in [2.75, 3.05) is 5.43 Å². The number of halogens is 2. The molecule has 23 heavy (non-hydrogen) atoms. The third-order valence-corrected chi connectivity index (χ3v) is 4.26. The minimum Gasteiger partial charge on any atom is -0.382 e. The van der Waals surface area contributed by atoms with Gasteiger partial charge in [-0.2, -0.15) is 0 Å². The second kappa shape index (κ2) is 8.21. The average molecular weight is 327 g/mol. The maximum absolute atomic E-state index is 13.4. The molecule has 1 aliphatic rings. The summed E-state index contributed by atoms with van der Waals surface area (Å²) in [5.74, 6) is -1.86. The van der Waals surface area contributed by atoms with Crippen LogP contribution in [0.5, 0.6) is 0 Å². The van der Waals surface area contributed by atoms with E-state index in [1.54, 1.807) is 0 Å². The minimum absolute atomic E-state index is 0.0900. The molecule has 0 radical (unpaired) electrons. The summed E-state index contributed by atoms with van der Waals surface area (Å²) in [6, 6.07) is 2.24. The van der Waals surface area contributed by atoms with Crippen LogP contribution in [0.1, 0.15) is 38.5 Å². The van der Waals surface area contributed by atoms with Crippen LogP contribution in [0, 0.1) is 17.6 Å². The summed E-state index contributed by atoms with van der Waals surface area (Å²) in [6.45, 7) is 0. The van der Waals surface area contributed by atoms with Gasteiger partial charge >= 0.3 is 0 Å². The number of nitrogens with one attached hydrogen (secondary N) is 2. The fraction of sp³-hybridized carbons (Fsp3) is 0.562. The number of rotatable bonds is 6. The summed E-state index contributed by atoms with van der Waals surface area (Å²) >= 11 is 0. The molecule has 0 aliphatic heterocycles. The van der Waals surface area contributed by atoms with Crippen molar-refractivity contribution in [3.63, 3.8) is 0 Å². The molecular weight excluding hydrogens is 304 g/mol. The van der Waals surface area contributed by atoms with Crippen molar-refractivity contribution in [3.8, 4) is 0 Å². The van der Waals surface area contributed by atoms with Gasteiger partial charge in [0.15, 0.2) is 5.82 Å². The van der Waals surface area contributed by atoms with Crippen LogP contribution in [0.4, 0.5) is 14.5 Å². The SMILES string of the molecule is N[C@H](CC1CCCCC1)C(O)C(=O)NNc1ccc(F)cc1F. The van der Waals surface area contributed by atoms with Gasteiger partial charge in [0.05, 0.1) is 5.69 Å². The molecule has 128 valence electrons. The quantitative estimate of drug-likeness (QED) is 0.602. The predicted octanol–water partition coefficient (Wildman–Crippen LogP) is 2.07. The van der Waals surface area contributed by atoms with Crippen molar-refractivity contribution in [2.45, 2.75) is 50.7 Å². The van der Waals surface area contributed by atoms with Crippen molar-refractivity contribution in [1.29, 1.82) is 0 Å². The molecule has 2 rings (SSSR count). The Kier molecular flexibility index (Phi) is 6.29. The Balaban J connectivity index is 1.81. The Bertz CT molecular complexity index is 536. The van der Waals surface area contributed by atoms with E-state index in [1.807, 2.05) is 0 Å². The predicted molar refractivity (Wildman–Crippen MR) is 83.3 cm³/mol. The lowest BCUT2D eigenvalue weighted by Crippen LogP contribution is -2.48. The Morgan fingerprint density at radius 3 is 2.65 bits per heavy atom. The van der Waals surface area contributed by atoms with E-state index in [0.29, 0.717) is 18.4 Å². The van der Waals surface area contributed by atoms with Gasteiger partial charge in [-0.1, -0.05) is 32.1 Å². The zero-order chi connectivity index (χ0) is 16.8. The Hall–Kier alpha value is -1.73. The van der Waals surface area contributed by atoms with Crippen LogP contribution in [0.3, 0.4) is 0 Å². The number of nitrogens with two attached hydrogens (primary N) is 1. The van der Waals surface area contributed by atoms with Gasteiger partial charge in [0, 0.05) is 12.1 Å². The van der Waals surface area contributed by atoms with E-state index in [4.69, 9.17) is 5.73 Å². The molecule has 2 atom stereocenters. The number of carbonyl (C=O) groups is 1. The van der Waals surface area contributed by atoms with Crippen molar-refractivity contribution < 1.29 is 18.7 Å². The number of hydrazine groups is 1. The highest BCUT2D eigenvalue weighted by Crippen LogP contribution is 2.27. The first-order chi connectivity index (χ1) is 11.0. The monoisotopic (exact) mass is 327 g/mol. The Morgan fingerprint density at radius 1 is 1.30 bits per heavy atom. The molecule has 7 heteroatoms. The van der Waals surface area contributed by atoms with Gasteiger partial charge < -0.3 is 10.8 Å². The second-order valence-electron chi connectivity index (χ2n) is 6.09. The zero-order valence-corrected chi connectivity index (χ0v) is 12.9. The number of amides is 1. The summed E-state index contributed by atoms with van der Waals surface area (Å²) in [5, 5.41) is 9.98. The smallest absolute Gasteiger partial charge is 0.268 e. The molecule has 1 fully saturated rings. The van der Waals surface area contributed by atoms with E-state index in [-0.39, 0.29) is 5.69 Å². The fourth-order valence-corrected chi connectivity index (χ4v) is 2.92. The van der Waals surface area contributed by atoms with E-state index in [0.717, 1.165) is 37.8 Å². The number of hydrogen-bond acceptors (Lipinski definition) is 4. The summed E-state index contributed by atoms with van der Waals surface area (Å²) in [4.78, 5) is 11.9. The minimum atomic E-state index is -1.38. The van der Waals surface area contributed by atoms with Crippen LogP contribution in [0.2, 0.25) is 0 Å². The summed E-state index contributed by atoms with van der Waals surface area (Å²) in [6.07, 6.45) is 4.88. The van der Waals surface area contributed by atoms with E-state index < -0.39 is 29.7 Å². The summed E-state index contributed by atoms with van der Waals surface area (Å²) in [5.41, 5.74) is 10.3. The molecule has 1 aliphatic carbocycles. The Morgan fingerprint density at radius 2 is 2.00 bits per heavy atom. The molecule has 1 unspecified atom stereocenters. The maximum Gasteiger partial charge on any atom is 0.268 e. The van der Waals surface area contributed by atoms with Crippen molar-refractivity contribution in [1.82, 2.24) is 5.43 Å². The van der Waals surface area contributed by atoms with Gasteiger partial charge in [-0.05, 0) is 24.5 Å².